The lowest BCUT2D eigenvalue weighted by atomic mass is 10.1. The maximum absolute atomic E-state index is 9.11. The molecule has 6 nitrogen and oxygen atoms in total. The molecule has 0 N–H and O–H groups in total. The summed E-state index contributed by atoms with van der Waals surface area (Å²) in [4.78, 5) is 17.6. The topological polar surface area (TPSA) is 68.9 Å². The van der Waals surface area contributed by atoms with E-state index in [1.807, 2.05) is 0 Å². The number of anilines is 1. The minimum Gasteiger partial charge on any atom is -0.351 e. The predicted molar refractivity (Wildman–Crippen MR) is 88.3 cm³/mol. The fraction of sp³-hybridized carbons (Fsp3) is 0.500. The number of nitriles is 1. The van der Waals surface area contributed by atoms with Gasteiger partial charge in [0.2, 0.25) is 0 Å². The van der Waals surface area contributed by atoms with Crippen molar-refractivity contribution in [1.29, 1.82) is 5.26 Å². The molecular formula is C16H18N6S. The van der Waals surface area contributed by atoms with Gasteiger partial charge in [0.25, 0.3) is 0 Å². The molecule has 0 aromatic carbocycles. The molecule has 0 spiro atoms. The molecule has 2 aromatic heterocycles. The van der Waals surface area contributed by atoms with E-state index in [-0.39, 0.29) is 0 Å². The van der Waals surface area contributed by atoms with Crippen LogP contribution in [0, 0.1) is 11.3 Å². The summed E-state index contributed by atoms with van der Waals surface area (Å²) in [5.74, 6) is 1.43. The molecule has 1 saturated carbocycles. The van der Waals surface area contributed by atoms with Crippen LogP contribution in [0.2, 0.25) is 0 Å². The summed E-state index contributed by atoms with van der Waals surface area (Å²) in [5.41, 5.74) is 1.58. The first kappa shape index (κ1) is 14.5. The first-order chi connectivity index (χ1) is 11.2. The van der Waals surface area contributed by atoms with E-state index in [0.29, 0.717) is 17.6 Å². The Morgan fingerprint density at radius 2 is 2.13 bits per heavy atom. The highest BCUT2D eigenvalue weighted by Gasteiger charge is 2.33. The molecular weight excluding hydrogens is 308 g/mol. The summed E-state index contributed by atoms with van der Waals surface area (Å²) in [6, 6.07) is 2.58. The molecule has 0 atom stereocenters. The molecule has 2 aliphatic rings. The van der Waals surface area contributed by atoms with Crippen molar-refractivity contribution < 1.29 is 0 Å². The van der Waals surface area contributed by atoms with E-state index < -0.39 is 0 Å². The van der Waals surface area contributed by atoms with Crippen LogP contribution in [0.15, 0.2) is 17.8 Å². The second-order valence-corrected chi connectivity index (χ2v) is 7.16. The van der Waals surface area contributed by atoms with Crippen LogP contribution in [0.4, 0.5) is 5.82 Å². The van der Waals surface area contributed by atoms with Gasteiger partial charge in [-0.2, -0.15) is 5.26 Å². The molecule has 3 heterocycles. The zero-order chi connectivity index (χ0) is 15.8. The molecule has 2 fully saturated rings. The summed E-state index contributed by atoms with van der Waals surface area (Å²) in [6.07, 6.45) is 5.81. The number of rotatable bonds is 5. The van der Waals surface area contributed by atoms with Gasteiger partial charge in [-0.15, -0.1) is 11.3 Å². The Kier molecular flexibility index (Phi) is 3.71. The Labute approximate surface area is 139 Å². The Bertz CT molecular complexity index is 741. The molecule has 0 radical (unpaired) electrons. The molecule has 4 rings (SSSR count). The quantitative estimate of drug-likeness (QED) is 0.837. The van der Waals surface area contributed by atoms with Crippen molar-refractivity contribution in [3.05, 3.63) is 34.2 Å². The van der Waals surface area contributed by atoms with Gasteiger partial charge < -0.3 is 4.90 Å². The normalized spacial score (nSPS) is 18.0. The molecule has 1 aliphatic carbocycles. The summed E-state index contributed by atoms with van der Waals surface area (Å²) in [6.45, 7) is 2.64. The highest BCUT2D eigenvalue weighted by atomic mass is 32.1. The molecule has 0 amide bonds. The van der Waals surface area contributed by atoms with E-state index in [2.05, 4.69) is 38.3 Å². The van der Waals surface area contributed by atoms with Gasteiger partial charge in [0.1, 0.15) is 6.07 Å². The lowest BCUT2D eigenvalue weighted by Crippen LogP contribution is -2.58. The highest BCUT2D eigenvalue weighted by molar-refractivity contribution is 7.09. The van der Waals surface area contributed by atoms with Crippen molar-refractivity contribution in [1.82, 2.24) is 19.9 Å². The summed E-state index contributed by atoms with van der Waals surface area (Å²) in [7, 11) is 2.14. The zero-order valence-electron chi connectivity index (χ0n) is 13.0. The third kappa shape index (κ3) is 2.92. The van der Waals surface area contributed by atoms with Crippen molar-refractivity contribution in [3.8, 4) is 6.07 Å². The smallest absolute Gasteiger partial charge is 0.183 e. The number of hydrogen-bond donors (Lipinski definition) is 0. The van der Waals surface area contributed by atoms with E-state index in [1.165, 1.54) is 23.5 Å². The van der Waals surface area contributed by atoms with Crippen LogP contribution >= 0.6 is 11.3 Å². The largest absolute Gasteiger partial charge is 0.351 e. The van der Waals surface area contributed by atoms with Gasteiger partial charge >= 0.3 is 0 Å². The van der Waals surface area contributed by atoms with E-state index in [4.69, 9.17) is 10.2 Å². The summed E-state index contributed by atoms with van der Waals surface area (Å²) >= 11 is 1.80. The highest BCUT2D eigenvalue weighted by Crippen LogP contribution is 2.41. The van der Waals surface area contributed by atoms with Crippen molar-refractivity contribution in [2.75, 3.05) is 25.0 Å². The Morgan fingerprint density at radius 1 is 1.35 bits per heavy atom. The standard InChI is InChI=1S/C16H18N6S/c1-21(7-12-10-23-16(20-12)11-2-3-11)13-8-22(9-13)15-14(6-17)18-4-5-19-15/h4-5,10-11,13H,2-3,7-9H2,1H3. The second kappa shape index (κ2) is 5.87. The van der Waals surface area contributed by atoms with Crippen molar-refractivity contribution in [2.24, 2.45) is 0 Å². The zero-order valence-corrected chi connectivity index (χ0v) is 13.8. The SMILES string of the molecule is CN(Cc1csc(C2CC2)n1)C1CN(c2nccnc2C#N)C1. The van der Waals surface area contributed by atoms with Gasteiger partial charge in [-0.3, -0.25) is 4.90 Å². The average molecular weight is 326 g/mol. The molecule has 0 unspecified atom stereocenters. The number of nitrogens with zero attached hydrogens (tertiary/aromatic N) is 6. The number of thiazole rings is 1. The monoisotopic (exact) mass is 326 g/mol. The Morgan fingerprint density at radius 3 is 2.87 bits per heavy atom. The summed E-state index contributed by atoms with van der Waals surface area (Å²) in [5, 5.41) is 12.6. The predicted octanol–water partition coefficient (Wildman–Crippen LogP) is 2.00. The van der Waals surface area contributed by atoms with Crippen molar-refractivity contribution >= 4 is 17.2 Å². The van der Waals surface area contributed by atoms with Gasteiger partial charge in [0.15, 0.2) is 11.5 Å². The molecule has 23 heavy (non-hydrogen) atoms. The van der Waals surface area contributed by atoms with Gasteiger partial charge in [0, 0.05) is 49.4 Å². The van der Waals surface area contributed by atoms with Crippen LogP contribution in [-0.2, 0) is 6.54 Å². The van der Waals surface area contributed by atoms with Crippen LogP contribution in [0.25, 0.3) is 0 Å². The first-order valence-electron chi connectivity index (χ1n) is 7.85. The Hall–Kier alpha value is -2.04. The lowest BCUT2D eigenvalue weighted by molar-refractivity contribution is 0.195. The minimum atomic E-state index is 0.405. The minimum absolute atomic E-state index is 0.405. The van der Waals surface area contributed by atoms with Crippen LogP contribution in [0.3, 0.4) is 0 Å². The third-order valence-corrected chi connectivity index (χ3v) is 5.53. The van der Waals surface area contributed by atoms with E-state index in [1.54, 1.807) is 23.7 Å². The number of aromatic nitrogens is 3. The second-order valence-electron chi connectivity index (χ2n) is 6.27. The molecule has 2 aromatic rings. The molecule has 118 valence electrons. The number of hydrogen-bond acceptors (Lipinski definition) is 7. The number of likely N-dealkylation sites (N-methyl/N-ethyl adjacent to an activating group) is 1. The van der Waals surface area contributed by atoms with Crippen molar-refractivity contribution in [3.63, 3.8) is 0 Å². The molecule has 7 heteroatoms. The maximum Gasteiger partial charge on any atom is 0.183 e. The first-order valence-corrected chi connectivity index (χ1v) is 8.73. The molecule has 1 aliphatic heterocycles. The van der Waals surface area contributed by atoms with E-state index in [0.717, 1.165) is 25.6 Å². The summed E-state index contributed by atoms with van der Waals surface area (Å²) < 4.78 is 0. The Balaban J connectivity index is 1.34. The van der Waals surface area contributed by atoms with Gasteiger partial charge in [0.05, 0.1) is 10.7 Å². The van der Waals surface area contributed by atoms with Crippen molar-refractivity contribution in [2.45, 2.75) is 31.3 Å². The van der Waals surface area contributed by atoms with Crippen LogP contribution in [-0.4, -0.2) is 46.0 Å². The maximum atomic E-state index is 9.11. The van der Waals surface area contributed by atoms with Gasteiger partial charge in [-0.1, -0.05) is 0 Å². The van der Waals surface area contributed by atoms with E-state index in [9.17, 15) is 0 Å². The van der Waals surface area contributed by atoms with Crippen LogP contribution < -0.4 is 4.90 Å². The lowest BCUT2D eigenvalue weighted by Gasteiger charge is -2.44. The van der Waals surface area contributed by atoms with Crippen LogP contribution in [0.1, 0.15) is 35.2 Å². The molecule has 1 saturated heterocycles. The fourth-order valence-corrected chi connectivity index (χ4v) is 3.83. The average Bonchev–Trinajstić information content (AvgIpc) is 3.27. The van der Waals surface area contributed by atoms with Gasteiger partial charge in [-0.05, 0) is 19.9 Å². The van der Waals surface area contributed by atoms with E-state index >= 15 is 0 Å². The van der Waals surface area contributed by atoms with Gasteiger partial charge in [-0.25, -0.2) is 15.0 Å². The molecule has 0 bridgehead atoms. The van der Waals surface area contributed by atoms with Crippen LogP contribution in [0.5, 0.6) is 0 Å². The fourth-order valence-electron chi connectivity index (χ4n) is 2.85. The third-order valence-electron chi connectivity index (χ3n) is 4.48.